The molecule has 4 aromatic rings. The maximum absolute atomic E-state index is 6.46. The molecule has 1 aliphatic heterocycles. The highest BCUT2D eigenvalue weighted by atomic mass is 35.5. The summed E-state index contributed by atoms with van der Waals surface area (Å²) in [7, 11) is 4.03. The van der Waals surface area contributed by atoms with E-state index in [2.05, 4.69) is 44.4 Å². The van der Waals surface area contributed by atoms with E-state index in [0.29, 0.717) is 20.9 Å². The van der Waals surface area contributed by atoms with E-state index in [1.165, 1.54) is 0 Å². The molecular formula is C26H22Cl2N4OS. The minimum Gasteiger partial charge on any atom is -0.459 e. The predicted octanol–water partition coefficient (Wildman–Crippen LogP) is 6.89. The molecule has 2 aromatic carbocycles. The fraction of sp³-hybridized carbons (Fsp3) is 0.154. The summed E-state index contributed by atoms with van der Waals surface area (Å²) in [6, 6.07) is 23.1. The van der Waals surface area contributed by atoms with Gasteiger partial charge in [0.05, 0.1) is 21.8 Å². The quantitative estimate of drug-likeness (QED) is 0.296. The van der Waals surface area contributed by atoms with Gasteiger partial charge < -0.3 is 19.5 Å². The molecule has 0 aliphatic carbocycles. The summed E-state index contributed by atoms with van der Waals surface area (Å²) >= 11 is 18.5. The number of anilines is 2. The van der Waals surface area contributed by atoms with Crippen molar-refractivity contribution in [3.05, 3.63) is 100 Å². The van der Waals surface area contributed by atoms with Crippen LogP contribution >= 0.6 is 35.4 Å². The zero-order chi connectivity index (χ0) is 23.8. The summed E-state index contributed by atoms with van der Waals surface area (Å²) in [5.74, 6) is 1.38. The van der Waals surface area contributed by atoms with Crippen LogP contribution in [-0.2, 0) is 0 Å². The summed E-state index contributed by atoms with van der Waals surface area (Å²) in [6.45, 7) is 0. The Labute approximate surface area is 213 Å². The Morgan fingerprint density at radius 2 is 1.76 bits per heavy atom. The normalized spacial score (nSPS) is 17.6. The lowest BCUT2D eigenvalue weighted by atomic mass is 10.0. The second-order valence-electron chi connectivity index (χ2n) is 8.21. The lowest BCUT2D eigenvalue weighted by molar-refractivity contribution is 0.439. The van der Waals surface area contributed by atoms with Crippen LogP contribution in [0.4, 0.5) is 11.4 Å². The number of nitrogens with zero attached hydrogens (tertiary/aromatic N) is 3. The van der Waals surface area contributed by atoms with Crippen molar-refractivity contribution in [2.45, 2.75) is 12.1 Å². The van der Waals surface area contributed by atoms with Crippen LogP contribution in [0.25, 0.3) is 11.3 Å². The van der Waals surface area contributed by atoms with Crippen LogP contribution < -0.4 is 15.1 Å². The highest BCUT2D eigenvalue weighted by Gasteiger charge is 2.42. The molecule has 2 atom stereocenters. The van der Waals surface area contributed by atoms with Crippen molar-refractivity contribution in [1.82, 2.24) is 10.3 Å². The number of hydrogen-bond donors (Lipinski definition) is 1. The topological polar surface area (TPSA) is 44.5 Å². The van der Waals surface area contributed by atoms with Crippen LogP contribution in [0.1, 0.15) is 23.5 Å². The SMILES string of the molecule is CN(C)c1ccc(N2C(=S)NC(c3ccccn3)C2c2ccc(-c3cccc(Cl)c3Cl)o2)cc1. The third kappa shape index (κ3) is 4.13. The number of thiocarbonyl (C=S) groups is 1. The average molecular weight is 509 g/mol. The molecule has 5 rings (SSSR count). The second-order valence-corrected chi connectivity index (χ2v) is 9.38. The Kier molecular flexibility index (Phi) is 6.21. The Hall–Kier alpha value is -3.06. The van der Waals surface area contributed by atoms with Crippen LogP contribution in [0.15, 0.2) is 83.4 Å². The standard InChI is InChI=1S/C26H22Cl2N4OS/c1-31(2)16-9-11-17(12-10-16)32-25(24(30-26(32)34)20-8-3-4-15-29-20)22-14-13-21(33-22)18-6-5-7-19(27)23(18)28/h3-15,24-25H,1-2H3,(H,30,34). The van der Waals surface area contributed by atoms with Gasteiger partial charge in [-0.05, 0) is 72.9 Å². The Bertz CT molecular complexity index is 1320. The third-order valence-electron chi connectivity index (χ3n) is 5.88. The van der Waals surface area contributed by atoms with E-state index in [1.807, 2.05) is 56.6 Å². The number of halogens is 2. The molecular weight excluding hydrogens is 487 g/mol. The first-order chi connectivity index (χ1) is 16.4. The fourth-order valence-corrected chi connectivity index (χ4v) is 4.92. The highest BCUT2D eigenvalue weighted by molar-refractivity contribution is 7.80. The summed E-state index contributed by atoms with van der Waals surface area (Å²) in [5, 5.41) is 5.00. The maximum atomic E-state index is 6.46. The van der Waals surface area contributed by atoms with Crippen molar-refractivity contribution in [3.63, 3.8) is 0 Å². The van der Waals surface area contributed by atoms with E-state index in [4.69, 9.17) is 39.8 Å². The number of nitrogens with one attached hydrogen (secondary N) is 1. The zero-order valence-electron chi connectivity index (χ0n) is 18.6. The molecule has 1 aliphatic rings. The van der Waals surface area contributed by atoms with E-state index in [9.17, 15) is 0 Å². The fourth-order valence-electron chi connectivity index (χ4n) is 4.18. The van der Waals surface area contributed by atoms with Crippen LogP contribution in [0.3, 0.4) is 0 Å². The lowest BCUT2D eigenvalue weighted by Gasteiger charge is -2.26. The molecule has 172 valence electrons. The van der Waals surface area contributed by atoms with Crippen LogP contribution in [0.5, 0.6) is 0 Å². The molecule has 0 bridgehead atoms. The van der Waals surface area contributed by atoms with E-state index >= 15 is 0 Å². The number of furan rings is 1. The molecule has 0 amide bonds. The molecule has 2 aromatic heterocycles. The van der Waals surface area contributed by atoms with Crippen molar-refractivity contribution >= 4 is 51.9 Å². The molecule has 5 nitrogen and oxygen atoms in total. The molecule has 1 saturated heterocycles. The van der Waals surface area contributed by atoms with Crippen LogP contribution in [-0.4, -0.2) is 24.2 Å². The third-order valence-corrected chi connectivity index (χ3v) is 7.01. The summed E-state index contributed by atoms with van der Waals surface area (Å²) in [5.41, 5.74) is 3.69. The van der Waals surface area contributed by atoms with Crippen LogP contribution in [0.2, 0.25) is 10.0 Å². The first-order valence-electron chi connectivity index (χ1n) is 10.8. The molecule has 0 radical (unpaired) electrons. The van der Waals surface area contributed by atoms with Crippen molar-refractivity contribution < 1.29 is 4.42 Å². The van der Waals surface area contributed by atoms with E-state index in [-0.39, 0.29) is 12.1 Å². The number of benzene rings is 2. The maximum Gasteiger partial charge on any atom is 0.174 e. The number of pyridine rings is 1. The van der Waals surface area contributed by atoms with E-state index in [0.717, 1.165) is 28.4 Å². The predicted molar refractivity (Wildman–Crippen MR) is 143 cm³/mol. The van der Waals surface area contributed by atoms with Crippen molar-refractivity contribution in [2.24, 2.45) is 0 Å². The van der Waals surface area contributed by atoms with Gasteiger partial charge in [0.15, 0.2) is 5.11 Å². The molecule has 0 saturated carbocycles. The van der Waals surface area contributed by atoms with Gasteiger partial charge in [0.1, 0.15) is 17.6 Å². The molecule has 3 heterocycles. The molecule has 1 fully saturated rings. The van der Waals surface area contributed by atoms with Gasteiger partial charge in [-0.1, -0.05) is 35.3 Å². The smallest absolute Gasteiger partial charge is 0.174 e. The molecule has 34 heavy (non-hydrogen) atoms. The summed E-state index contributed by atoms with van der Waals surface area (Å²) in [6.07, 6.45) is 1.78. The van der Waals surface area contributed by atoms with Gasteiger partial charge in [-0.2, -0.15) is 0 Å². The van der Waals surface area contributed by atoms with E-state index < -0.39 is 0 Å². The van der Waals surface area contributed by atoms with E-state index in [1.54, 1.807) is 12.3 Å². The monoisotopic (exact) mass is 508 g/mol. The Morgan fingerprint density at radius 3 is 2.47 bits per heavy atom. The van der Waals surface area contributed by atoms with Gasteiger partial charge in [0.25, 0.3) is 0 Å². The first-order valence-corrected chi connectivity index (χ1v) is 11.9. The minimum atomic E-state index is -0.251. The molecule has 2 unspecified atom stereocenters. The van der Waals surface area contributed by atoms with Crippen molar-refractivity contribution in [1.29, 1.82) is 0 Å². The zero-order valence-corrected chi connectivity index (χ0v) is 20.9. The largest absolute Gasteiger partial charge is 0.459 e. The Morgan fingerprint density at radius 1 is 0.971 bits per heavy atom. The molecule has 0 spiro atoms. The Balaban J connectivity index is 1.59. The second kappa shape index (κ2) is 9.29. The average Bonchev–Trinajstić information content (AvgIpc) is 3.46. The van der Waals surface area contributed by atoms with Crippen LogP contribution in [0, 0.1) is 0 Å². The van der Waals surface area contributed by atoms with Gasteiger partial charge in [0.2, 0.25) is 0 Å². The van der Waals surface area contributed by atoms with Gasteiger partial charge in [0, 0.05) is 37.2 Å². The molecule has 8 heteroatoms. The van der Waals surface area contributed by atoms with Gasteiger partial charge in [-0.15, -0.1) is 0 Å². The van der Waals surface area contributed by atoms with Crippen molar-refractivity contribution in [2.75, 3.05) is 23.9 Å². The minimum absolute atomic E-state index is 0.198. The number of hydrogen-bond acceptors (Lipinski definition) is 4. The van der Waals surface area contributed by atoms with Gasteiger partial charge in [-0.25, -0.2) is 0 Å². The summed E-state index contributed by atoms with van der Waals surface area (Å²) < 4.78 is 6.38. The highest BCUT2D eigenvalue weighted by Crippen LogP contribution is 2.44. The summed E-state index contributed by atoms with van der Waals surface area (Å²) in [4.78, 5) is 8.73. The first kappa shape index (κ1) is 22.7. The number of aromatic nitrogens is 1. The molecule has 1 N–H and O–H groups in total. The lowest BCUT2D eigenvalue weighted by Crippen LogP contribution is -2.29. The van der Waals surface area contributed by atoms with Crippen molar-refractivity contribution in [3.8, 4) is 11.3 Å². The van der Waals surface area contributed by atoms with Gasteiger partial charge in [-0.3, -0.25) is 4.98 Å². The van der Waals surface area contributed by atoms with Gasteiger partial charge >= 0.3 is 0 Å². The number of rotatable bonds is 5.